The molecule has 1 fully saturated rings. The van der Waals surface area contributed by atoms with Crippen molar-refractivity contribution in [3.8, 4) is 11.3 Å². The van der Waals surface area contributed by atoms with Crippen molar-refractivity contribution < 1.29 is 14.4 Å². The van der Waals surface area contributed by atoms with Crippen molar-refractivity contribution in [3.63, 3.8) is 0 Å². The summed E-state index contributed by atoms with van der Waals surface area (Å²) in [5.41, 5.74) is 2.15. The van der Waals surface area contributed by atoms with E-state index in [9.17, 15) is 4.79 Å². The number of carboxylic acid groups (broad SMARTS) is 1. The Morgan fingerprint density at radius 2 is 1.95 bits per heavy atom. The Morgan fingerprint density at radius 3 is 2.55 bits per heavy atom. The van der Waals surface area contributed by atoms with E-state index in [0.717, 1.165) is 5.56 Å². The molecule has 0 spiro atoms. The summed E-state index contributed by atoms with van der Waals surface area (Å²) in [5, 5.41) is 12.4. The molecule has 5 heteroatoms. The zero-order chi connectivity index (χ0) is 13.9. The van der Waals surface area contributed by atoms with Crippen molar-refractivity contribution in [2.75, 3.05) is 11.5 Å². The fourth-order valence-corrected chi connectivity index (χ4v) is 3.57. The molecule has 3 rings (SSSR count). The fraction of sp³-hybridized carbons (Fsp3) is 0.333. The maximum Gasteiger partial charge on any atom is 0.358 e. The maximum atomic E-state index is 10.8. The summed E-state index contributed by atoms with van der Waals surface area (Å²) in [7, 11) is 0. The van der Waals surface area contributed by atoms with Crippen LogP contribution in [0.25, 0.3) is 11.3 Å². The maximum absolute atomic E-state index is 10.8. The summed E-state index contributed by atoms with van der Waals surface area (Å²) in [5.74, 6) is 2.53. The Morgan fingerprint density at radius 1 is 1.25 bits per heavy atom. The lowest BCUT2D eigenvalue weighted by Crippen LogP contribution is -2.07. The van der Waals surface area contributed by atoms with E-state index >= 15 is 0 Å². The van der Waals surface area contributed by atoms with Gasteiger partial charge in [-0.3, -0.25) is 0 Å². The lowest BCUT2D eigenvalue weighted by molar-refractivity contribution is 0.0686. The minimum atomic E-state index is -1.07. The summed E-state index contributed by atoms with van der Waals surface area (Å²) in [6.07, 6.45) is 2.46. The highest BCUT2D eigenvalue weighted by Crippen LogP contribution is 2.32. The molecule has 1 aliphatic heterocycles. The predicted molar refractivity (Wildman–Crippen MR) is 78.2 cm³/mol. The molecule has 1 N–H and O–H groups in total. The third-order valence-electron chi connectivity index (χ3n) is 3.62. The van der Waals surface area contributed by atoms with Gasteiger partial charge < -0.3 is 9.63 Å². The Labute approximate surface area is 121 Å². The first-order valence-electron chi connectivity index (χ1n) is 6.62. The van der Waals surface area contributed by atoms with Gasteiger partial charge in [-0.2, -0.15) is 11.8 Å². The quantitative estimate of drug-likeness (QED) is 0.934. The minimum Gasteiger partial charge on any atom is -0.476 e. The second kappa shape index (κ2) is 5.71. The van der Waals surface area contributed by atoms with Gasteiger partial charge in [0.25, 0.3) is 0 Å². The molecule has 2 aromatic rings. The summed E-state index contributed by atoms with van der Waals surface area (Å²) >= 11 is 2.02. The van der Waals surface area contributed by atoms with Crippen molar-refractivity contribution in [2.45, 2.75) is 18.8 Å². The van der Waals surface area contributed by atoms with E-state index in [1.165, 1.54) is 36.0 Å². The second-order valence-corrected chi connectivity index (χ2v) is 6.11. The number of aromatic carboxylic acids is 1. The van der Waals surface area contributed by atoms with Crippen LogP contribution in [0.3, 0.4) is 0 Å². The first-order valence-corrected chi connectivity index (χ1v) is 7.77. The molecule has 104 valence electrons. The molecule has 1 aliphatic rings. The van der Waals surface area contributed by atoms with Crippen LogP contribution in [0, 0.1) is 0 Å². The highest BCUT2D eigenvalue weighted by molar-refractivity contribution is 7.99. The number of hydrogen-bond donors (Lipinski definition) is 1. The molecule has 2 heterocycles. The number of aromatic nitrogens is 1. The number of nitrogens with zero attached hydrogens (tertiary/aromatic N) is 1. The Bertz CT molecular complexity index is 600. The molecule has 1 saturated heterocycles. The van der Waals surface area contributed by atoms with Crippen molar-refractivity contribution in [1.29, 1.82) is 0 Å². The fourth-order valence-electron chi connectivity index (χ4n) is 2.46. The standard InChI is InChI=1S/C15H15NO3S/c17-15(18)13-9-14(19-16-13)12-3-1-10(2-4-12)11-5-7-20-8-6-11/h1-4,9,11H,5-8H2,(H,17,18). The van der Waals surface area contributed by atoms with Crippen LogP contribution >= 0.6 is 11.8 Å². The molecule has 1 aromatic heterocycles. The average Bonchev–Trinajstić information content (AvgIpc) is 2.98. The molecule has 0 aliphatic carbocycles. The topological polar surface area (TPSA) is 63.3 Å². The van der Waals surface area contributed by atoms with Gasteiger partial charge in [0.2, 0.25) is 0 Å². The van der Waals surface area contributed by atoms with Gasteiger partial charge in [-0.15, -0.1) is 0 Å². The van der Waals surface area contributed by atoms with Gasteiger partial charge in [0.05, 0.1) is 0 Å². The normalized spacial score (nSPS) is 16.2. The van der Waals surface area contributed by atoms with Crippen LogP contribution in [0.2, 0.25) is 0 Å². The monoisotopic (exact) mass is 289 g/mol. The van der Waals surface area contributed by atoms with Crippen LogP contribution in [0.15, 0.2) is 34.9 Å². The largest absolute Gasteiger partial charge is 0.476 e. The van der Waals surface area contributed by atoms with E-state index in [1.54, 1.807) is 0 Å². The number of hydrogen-bond acceptors (Lipinski definition) is 4. The Kier molecular flexibility index (Phi) is 3.78. The number of thioether (sulfide) groups is 1. The molecule has 0 unspecified atom stereocenters. The van der Waals surface area contributed by atoms with Crippen LogP contribution in [-0.4, -0.2) is 27.7 Å². The van der Waals surface area contributed by atoms with Gasteiger partial charge in [0, 0.05) is 11.6 Å². The lowest BCUT2D eigenvalue weighted by Gasteiger charge is -2.21. The van der Waals surface area contributed by atoms with E-state index in [0.29, 0.717) is 11.7 Å². The minimum absolute atomic E-state index is 0.0617. The molecule has 0 atom stereocenters. The summed E-state index contributed by atoms with van der Waals surface area (Å²) < 4.78 is 5.06. The third-order valence-corrected chi connectivity index (χ3v) is 4.67. The van der Waals surface area contributed by atoms with Gasteiger partial charge in [0.1, 0.15) is 0 Å². The highest BCUT2D eigenvalue weighted by atomic mass is 32.2. The Balaban J connectivity index is 1.79. The van der Waals surface area contributed by atoms with Crippen LogP contribution in [0.5, 0.6) is 0 Å². The smallest absolute Gasteiger partial charge is 0.358 e. The molecule has 0 radical (unpaired) electrons. The molecule has 1 aromatic carbocycles. The van der Waals surface area contributed by atoms with E-state index in [2.05, 4.69) is 17.3 Å². The molecule has 20 heavy (non-hydrogen) atoms. The van der Waals surface area contributed by atoms with Gasteiger partial charge >= 0.3 is 5.97 Å². The molecule has 0 amide bonds. The molecule has 0 bridgehead atoms. The number of rotatable bonds is 3. The van der Waals surface area contributed by atoms with Crippen molar-refractivity contribution >= 4 is 17.7 Å². The van der Waals surface area contributed by atoms with Crippen LogP contribution in [-0.2, 0) is 0 Å². The summed E-state index contributed by atoms with van der Waals surface area (Å²) in [6.45, 7) is 0. The van der Waals surface area contributed by atoms with E-state index in [4.69, 9.17) is 9.63 Å². The first-order chi connectivity index (χ1) is 9.74. The number of benzene rings is 1. The summed E-state index contributed by atoms with van der Waals surface area (Å²) in [6, 6.07) is 9.62. The van der Waals surface area contributed by atoms with Crippen LogP contribution < -0.4 is 0 Å². The van der Waals surface area contributed by atoms with Crippen LogP contribution in [0.1, 0.15) is 34.8 Å². The van der Waals surface area contributed by atoms with E-state index in [-0.39, 0.29) is 5.69 Å². The van der Waals surface area contributed by atoms with Crippen molar-refractivity contribution in [2.24, 2.45) is 0 Å². The third kappa shape index (κ3) is 2.72. The lowest BCUT2D eigenvalue weighted by atomic mass is 9.92. The zero-order valence-corrected chi connectivity index (χ0v) is 11.7. The molecular weight excluding hydrogens is 274 g/mol. The predicted octanol–water partition coefficient (Wildman–Crippen LogP) is 3.65. The van der Waals surface area contributed by atoms with Gasteiger partial charge in [-0.25, -0.2) is 4.79 Å². The zero-order valence-electron chi connectivity index (χ0n) is 10.9. The van der Waals surface area contributed by atoms with Gasteiger partial charge in [-0.05, 0) is 35.8 Å². The van der Waals surface area contributed by atoms with E-state index in [1.807, 2.05) is 23.9 Å². The van der Waals surface area contributed by atoms with Gasteiger partial charge in [-0.1, -0.05) is 29.4 Å². The molecule has 4 nitrogen and oxygen atoms in total. The van der Waals surface area contributed by atoms with E-state index < -0.39 is 5.97 Å². The Hall–Kier alpha value is -1.75. The second-order valence-electron chi connectivity index (χ2n) is 4.89. The SMILES string of the molecule is O=C(O)c1cc(-c2ccc(C3CCSCC3)cc2)on1. The molecular formula is C15H15NO3S. The average molecular weight is 289 g/mol. The van der Waals surface area contributed by atoms with Crippen LogP contribution in [0.4, 0.5) is 0 Å². The number of carboxylic acids is 1. The highest BCUT2D eigenvalue weighted by Gasteiger charge is 2.16. The van der Waals surface area contributed by atoms with Gasteiger partial charge in [0.15, 0.2) is 11.5 Å². The summed E-state index contributed by atoms with van der Waals surface area (Å²) in [4.78, 5) is 10.8. The van der Waals surface area contributed by atoms with Crippen molar-refractivity contribution in [3.05, 3.63) is 41.6 Å². The molecule has 0 saturated carbocycles. The van der Waals surface area contributed by atoms with Crippen molar-refractivity contribution in [1.82, 2.24) is 5.16 Å². The number of carbonyl (C=O) groups is 1. The first kappa shape index (κ1) is 13.2.